The number of nitrogens with two attached hydrogens (primary N) is 1. The van der Waals surface area contributed by atoms with Crippen LogP contribution in [-0.2, 0) is 4.79 Å². The average molecular weight is 327 g/mol. The molecule has 3 amide bonds. The molecule has 128 valence electrons. The van der Waals surface area contributed by atoms with E-state index in [4.69, 9.17) is 5.73 Å². The summed E-state index contributed by atoms with van der Waals surface area (Å²) in [7, 11) is 0. The Kier molecular flexibility index (Phi) is 3.55. The first-order valence-electron chi connectivity index (χ1n) is 8.96. The second-order valence-corrected chi connectivity index (χ2v) is 7.69. The number of carbonyl (C=O) groups excluding carboxylic acids is 2. The highest BCUT2D eigenvalue weighted by Crippen LogP contribution is 2.47. The summed E-state index contributed by atoms with van der Waals surface area (Å²) in [4.78, 5) is 26.4. The van der Waals surface area contributed by atoms with E-state index in [0.717, 1.165) is 25.7 Å². The Morgan fingerprint density at radius 3 is 2.38 bits per heavy atom. The highest BCUT2D eigenvalue weighted by atomic mass is 16.2. The van der Waals surface area contributed by atoms with E-state index in [0.29, 0.717) is 30.8 Å². The number of primary amides is 1. The largest absolute Gasteiger partial charge is 0.352 e. The van der Waals surface area contributed by atoms with Crippen LogP contribution in [-0.4, -0.2) is 34.5 Å². The molecule has 0 aromatic heterocycles. The lowest BCUT2D eigenvalue weighted by Gasteiger charge is -2.45. The predicted octanol–water partition coefficient (Wildman–Crippen LogP) is 2.43. The number of hydrogen-bond acceptors (Lipinski definition) is 2. The van der Waals surface area contributed by atoms with Gasteiger partial charge in [-0.1, -0.05) is 24.3 Å². The summed E-state index contributed by atoms with van der Waals surface area (Å²) in [6.45, 7) is 2.16. The van der Waals surface area contributed by atoms with Crippen molar-refractivity contribution >= 4 is 11.9 Å². The third-order valence-corrected chi connectivity index (χ3v) is 5.83. The van der Waals surface area contributed by atoms with Crippen molar-refractivity contribution in [2.24, 2.45) is 5.73 Å². The van der Waals surface area contributed by atoms with E-state index in [1.165, 1.54) is 11.1 Å². The molecule has 5 heteroatoms. The van der Waals surface area contributed by atoms with E-state index >= 15 is 0 Å². The highest BCUT2D eigenvalue weighted by Gasteiger charge is 2.57. The average Bonchev–Trinajstić information content (AvgIpc) is 3.37. The SMILES string of the molecule is Cc1ccccc1C1CC(N(C(=O)C2(NC(N)=O)CC2)C2CC2)C1. The first-order valence-corrected chi connectivity index (χ1v) is 8.96. The normalized spacial score (nSPS) is 27.0. The summed E-state index contributed by atoms with van der Waals surface area (Å²) in [5.41, 5.74) is 7.30. The van der Waals surface area contributed by atoms with Gasteiger partial charge in [0.15, 0.2) is 0 Å². The third-order valence-electron chi connectivity index (χ3n) is 5.83. The molecule has 0 heterocycles. The maximum Gasteiger partial charge on any atom is 0.313 e. The monoisotopic (exact) mass is 327 g/mol. The Hall–Kier alpha value is -2.04. The molecule has 3 saturated carbocycles. The van der Waals surface area contributed by atoms with Gasteiger partial charge in [0, 0.05) is 12.1 Å². The van der Waals surface area contributed by atoms with Crippen molar-refractivity contribution in [1.82, 2.24) is 10.2 Å². The van der Waals surface area contributed by atoms with E-state index in [2.05, 4.69) is 41.4 Å². The molecule has 4 rings (SSSR count). The topological polar surface area (TPSA) is 75.4 Å². The summed E-state index contributed by atoms with van der Waals surface area (Å²) >= 11 is 0. The van der Waals surface area contributed by atoms with Crippen molar-refractivity contribution in [1.29, 1.82) is 0 Å². The molecule has 3 fully saturated rings. The van der Waals surface area contributed by atoms with Gasteiger partial charge in [0.1, 0.15) is 5.54 Å². The van der Waals surface area contributed by atoms with Crippen molar-refractivity contribution in [2.45, 2.75) is 69.0 Å². The lowest BCUT2D eigenvalue weighted by molar-refractivity contribution is -0.139. The number of hydrogen-bond donors (Lipinski definition) is 2. The van der Waals surface area contributed by atoms with E-state index < -0.39 is 11.6 Å². The Morgan fingerprint density at radius 1 is 1.17 bits per heavy atom. The maximum atomic E-state index is 13.0. The first-order chi connectivity index (χ1) is 11.5. The van der Waals surface area contributed by atoms with Crippen LogP contribution in [0.5, 0.6) is 0 Å². The smallest absolute Gasteiger partial charge is 0.313 e. The molecule has 0 aliphatic heterocycles. The van der Waals surface area contributed by atoms with Crippen LogP contribution in [0.3, 0.4) is 0 Å². The van der Waals surface area contributed by atoms with Gasteiger partial charge < -0.3 is 16.0 Å². The quantitative estimate of drug-likeness (QED) is 0.871. The van der Waals surface area contributed by atoms with Crippen LogP contribution in [0.15, 0.2) is 24.3 Å². The molecule has 3 aliphatic carbocycles. The van der Waals surface area contributed by atoms with Gasteiger partial charge in [-0.05, 0) is 62.5 Å². The number of carbonyl (C=O) groups is 2. The number of amides is 3. The van der Waals surface area contributed by atoms with Crippen molar-refractivity contribution < 1.29 is 9.59 Å². The number of aryl methyl sites for hydroxylation is 1. The summed E-state index contributed by atoms with van der Waals surface area (Å²) in [6.07, 6.45) is 5.66. The zero-order chi connectivity index (χ0) is 16.9. The van der Waals surface area contributed by atoms with Gasteiger partial charge in [0.05, 0.1) is 0 Å². The van der Waals surface area contributed by atoms with E-state index in [-0.39, 0.29) is 5.91 Å². The minimum atomic E-state index is -0.706. The lowest BCUT2D eigenvalue weighted by atomic mass is 9.73. The second-order valence-electron chi connectivity index (χ2n) is 7.69. The van der Waals surface area contributed by atoms with E-state index in [1.54, 1.807) is 0 Å². The Bertz CT molecular complexity index is 673. The standard InChI is InChI=1S/C19H25N3O2/c1-12-4-2-3-5-16(12)13-10-15(11-13)22(14-6-7-14)17(23)19(8-9-19)21-18(20)24/h2-5,13-15H,6-11H2,1H3,(H3,20,21,24). The molecule has 24 heavy (non-hydrogen) atoms. The molecule has 5 nitrogen and oxygen atoms in total. The Labute approximate surface area is 142 Å². The number of nitrogens with zero attached hydrogens (tertiary/aromatic N) is 1. The van der Waals surface area contributed by atoms with Gasteiger partial charge in [0.2, 0.25) is 5.91 Å². The molecular weight excluding hydrogens is 302 g/mol. The van der Waals surface area contributed by atoms with Crippen LogP contribution in [0.1, 0.15) is 55.6 Å². The fraction of sp³-hybridized carbons (Fsp3) is 0.579. The molecule has 0 radical (unpaired) electrons. The fourth-order valence-corrected chi connectivity index (χ4v) is 4.10. The van der Waals surface area contributed by atoms with Crippen LogP contribution >= 0.6 is 0 Å². The fourth-order valence-electron chi connectivity index (χ4n) is 4.10. The second kappa shape index (κ2) is 5.50. The Morgan fingerprint density at radius 2 is 1.83 bits per heavy atom. The van der Waals surface area contributed by atoms with E-state index in [1.807, 2.05) is 0 Å². The van der Waals surface area contributed by atoms with Crippen LogP contribution in [0, 0.1) is 6.92 Å². The predicted molar refractivity (Wildman–Crippen MR) is 91.5 cm³/mol. The van der Waals surface area contributed by atoms with Gasteiger partial charge in [-0.2, -0.15) is 0 Å². The minimum absolute atomic E-state index is 0.0945. The molecule has 1 aromatic carbocycles. The van der Waals surface area contributed by atoms with Gasteiger partial charge in [0.25, 0.3) is 0 Å². The van der Waals surface area contributed by atoms with Crippen LogP contribution < -0.4 is 11.1 Å². The zero-order valence-corrected chi connectivity index (χ0v) is 14.1. The molecule has 3 N–H and O–H groups in total. The number of rotatable bonds is 5. The summed E-state index contributed by atoms with van der Waals surface area (Å²) < 4.78 is 0. The minimum Gasteiger partial charge on any atom is -0.352 e. The first kappa shape index (κ1) is 15.5. The molecule has 0 atom stereocenters. The van der Waals surface area contributed by atoms with Crippen molar-refractivity contribution in [3.63, 3.8) is 0 Å². The van der Waals surface area contributed by atoms with Gasteiger partial charge in [-0.15, -0.1) is 0 Å². The van der Waals surface area contributed by atoms with Crippen molar-refractivity contribution in [3.05, 3.63) is 35.4 Å². The third kappa shape index (κ3) is 2.66. The summed E-state index contributed by atoms with van der Waals surface area (Å²) in [5.74, 6) is 0.640. The molecule has 3 aliphatic rings. The molecule has 1 aromatic rings. The summed E-state index contributed by atoms with van der Waals surface area (Å²) in [6, 6.07) is 8.60. The van der Waals surface area contributed by atoms with Gasteiger partial charge in [-0.25, -0.2) is 4.79 Å². The highest BCUT2D eigenvalue weighted by molar-refractivity contribution is 5.94. The molecule has 0 spiro atoms. The van der Waals surface area contributed by atoms with Crippen LogP contribution in [0.4, 0.5) is 4.79 Å². The molecule has 0 bridgehead atoms. The molecule has 0 unspecified atom stereocenters. The van der Waals surface area contributed by atoms with Gasteiger partial charge in [-0.3, -0.25) is 4.79 Å². The van der Waals surface area contributed by atoms with Crippen LogP contribution in [0.2, 0.25) is 0 Å². The maximum absolute atomic E-state index is 13.0. The number of urea groups is 1. The van der Waals surface area contributed by atoms with Crippen molar-refractivity contribution in [2.75, 3.05) is 0 Å². The summed E-state index contributed by atoms with van der Waals surface area (Å²) in [5, 5.41) is 2.70. The molecular formula is C19H25N3O2. The number of nitrogens with one attached hydrogen (secondary N) is 1. The van der Waals surface area contributed by atoms with E-state index in [9.17, 15) is 9.59 Å². The zero-order valence-electron chi connectivity index (χ0n) is 14.1. The molecule has 0 saturated heterocycles. The van der Waals surface area contributed by atoms with Crippen LogP contribution in [0.25, 0.3) is 0 Å². The number of benzene rings is 1. The Balaban J connectivity index is 1.45. The lowest BCUT2D eigenvalue weighted by Crippen LogP contribution is -2.57. The van der Waals surface area contributed by atoms with Crippen molar-refractivity contribution in [3.8, 4) is 0 Å². The van der Waals surface area contributed by atoms with Gasteiger partial charge >= 0.3 is 6.03 Å².